The fourth-order valence-electron chi connectivity index (χ4n) is 3.39. The van der Waals surface area contributed by atoms with Crippen molar-refractivity contribution < 1.29 is 14.3 Å². The molecule has 1 heterocycles. The van der Waals surface area contributed by atoms with Crippen molar-refractivity contribution in [2.75, 3.05) is 19.5 Å². The van der Waals surface area contributed by atoms with Crippen LogP contribution in [0.5, 0.6) is 11.5 Å². The Bertz CT molecular complexity index is 1350. The van der Waals surface area contributed by atoms with E-state index in [2.05, 4.69) is 5.32 Å². The molecule has 0 fully saturated rings. The van der Waals surface area contributed by atoms with E-state index in [0.717, 1.165) is 0 Å². The minimum Gasteiger partial charge on any atom is -0.497 e. The Kier molecular flexibility index (Phi) is 5.64. The van der Waals surface area contributed by atoms with Crippen LogP contribution >= 0.6 is 11.6 Å². The molecule has 0 bridgehead atoms. The molecule has 0 unspecified atom stereocenters. The van der Waals surface area contributed by atoms with Crippen molar-refractivity contribution in [3.8, 4) is 17.2 Å². The number of amides is 1. The average Bonchev–Trinajstić information content (AvgIpc) is 2.79. The van der Waals surface area contributed by atoms with Gasteiger partial charge in [-0.25, -0.2) is 0 Å². The predicted octanol–water partition coefficient (Wildman–Crippen LogP) is 4.91. The Hall–Kier alpha value is -3.77. The molecule has 0 saturated heterocycles. The maximum atomic E-state index is 13.3. The zero-order chi connectivity index (χ0) is 22.0. The van der Waals surface area contributed by atoms with E-state index in [1.54, 1.807) is 73.8 Å². The SMILES string of the molecule is COc1cccc(-n2cc(C(=O)Nc3cc(Cl)ccc3OC)c3ccccc3c2=O)c1. The van der Waals surface area contributed by atoms with E-state index >= 15 is 0 Å². The highest BCUT2D eigenvalue weighted by Gasteiger charge is 2.17. The van der Waals surface area contributed by atoms with Gasteiger partial charge in [-0.3, -0.25) is 14.2 Å². The summed E-state index contributed by atoms with van der Waals surface area (Å²) in [7, 11) is 3.07. The smallest absolute Gasteiger partial charge is 0.262 e. The highest BCUT2D eigenvalue weighted by atomic mass is 35.5. The number of methoxy groups -OCH3 is 2. The Morgan fingerprint density at radius 1 is 0.935 bits per heavy atom. The Labute approximate surface area is 183 Å². The molecule has 0 saturated carbocycles. The zero-order valence-electron chi connectivity index (χ0n) is 16.9. The summed E-state index contributed by atoms with van der Waals surface area (Å²) in [6.45, 7) is 0. The molecule has 0 aliphatic rings. The van der Waals surface area contributed by atoms with Crippen molar-refractivity contribution in [2.45, 2.75) is 0 Å². The number of nitrogens with zero attached hydrogens (tertiary/aromatic N) is 1. The van der Waals surface area contributed by atoms with Gasteiger partial charge >= 0.3 is 0 Å². The number of rotatable bonds is 5. The highest BCUT2D eigenvalue weighted by Crippen LogP contribution is 2.29. The maximum absolute atomic E-state index is 13.3. The van der Waals surface area contributed by atoms with Crippen LogP contribution in [-0.2, 0) is 0 Å². The number of aromatic nitrogens is 1. The van der Waals surface area contributed by atoms with Crippen molar-refractivity contribution in [2.24, 2.45) is 0 Å². The van der Waals surface area contributed by atoms with Crippen LogP contribution in [-0.4, -0.2) is 24.7 Å². The summed E-state index contributed by atoms with van der Waals surface area (Å²) in [5, 5.41) is 4.28. The topological polar surface area (TPSA) is 69.6 Å². The number of nitrogens with one attached hydrogen (secondary N) is 1. The lowest BCUT2D eigenvalue weighted by molar-refractivity contribution is 0.102. The second-order valence-electron chi connectivity index (χ2n) is 6.76. The third-order valence-corrected chi connectivity index (χ3v) is 5.15. The molecule has 0 atom stereocenters. The summed E-state index contributed by atoms with van der Waals surface area (Å²) in [5.74, 6) is 0.684. The average molecular weight is 435 g/mol. The fraction of sp³-hybridized carbons (Fsp3) is 0.0833. The monoisotopic (exact) mass is 434 g/mol. The molecular formula is C24H19ClN2O4. The first-order valence-electron chi connectivity index (χ1n) is 9.45. The van der Waals surface area contributed by atoms with Crippen LogP contribution in [0, 0.1) is 0 Å². The molecule has 4 rings (SSSR count). The molecule has 0 aliphatic carbocycles. The molecule has 0 radical (unpaired) electrons. The number of hydrogen-bond donors (Lipinski definition) is 1. The number of pyridine rings is 1. The van der Waals surface area contributed by atoms with Gasteiger partial charge in [0, 0.05) is 28.1 Å². The Morgan fingerprint density at radius 3 is 2.45 bits per heavy atom. The lowest BCUT2D eigenvalue weighted by Crippen LogP contribution is -2.22. The van der Waals surface area contributed by atoms with Gasteiger partial charge in [0.2, 0.25) is 0 Å². The van der Waals surface area contributed by atoms with Crippen LogP contribution in [0.25, 0.3) is 16.5 Å². The molecule has 156 valence electrons. The predicted molar refractivity (Wildman–Crippen MR) is 122 cm³/mol. The maximum Gasteiger partial charge on any atom is 0.262 e. The van der Waals surface area contributed by atoms with Gasteiger partial charge in [0.1, 0.15) is 11.5 Å². The standard InChI is InChI=1S/C24H19ClN2O4/c1-30-17-7-5-6-16(13-17)27-14-20(18-8-3-4-9-19(18)24(27)29)23(28)26-21-12-15(25)10-11-22(21)31-2/h3-14H,1-2H3,(H,26,28). The molecular weight excluding hydrogens is 416 g/mol. The van der Waals surface area contributed by atoms with Crippen LogP contribution < -0.4 is 20.3 Å². The molecule has 1 aromatic heterocycles. The van der Waals surface area contributed by atoms with Crippen molar-refractivity contribution >= 4 is 34.0 Å². The van der Waals surface area contributed by atoms with Gasteiger partial charge in [0.25, 0.3) is 11.5 Å². The van der Waals surface area contributed by atoms with E-state index in [9.17, 15) is 9.59 Å². The molecule has 1 amide bonds. The van der Waals surface area contributed by atoms with Crippen molar-refractivity contribution in [1.29, 1.82) is 0 Å². The Morgan fingerprint density at radius 2 is 1.71 bits per heavy atom. The van der Waals surface area contributed by atoms with Crippen LogP contribution in [0.2, 0.25) is 5.02 Å². The van der Waals surface area contributed by atoms with Gasteiger partial charge in [-0.05, 0) is 36.4 Å². The lowest BCUT2D eigenvalue weighted by atomic mass is 10.1. The second-order valence-corrected chi connectivity index (χ2v) is 7.20. The minimum atomic E-state index is -0.395. The quantitative estimate of drug-likeness (QED) is 0.484. The number of halogens is 1. The first-order valence-corrected chi connectivity index (χ1v) is 9.83. The van der Waals surface area contributed by atoms with Gasteiger partial charge in [-0.1, -0.05) is 35.9 Å². The summed E-state index contributed by atoms with van der Waals surface area (Å²) in [4.78, 5) is 26.4. The van der Waals surface area contributed by atoms with Gasteiger partial charge in [0.05, 0.1) is 31.2 Å². The van der Waals surface area contributed by atoms with Crippen LogP contribution in [0.3, 0.4) is 0 Å². The Balaban J connectivity index is 1.88. The van der Waals surface area contributed by atoms with Gasteiger partial charge in [-0.15, -0.1) is 0 Å². The lowest BCUT2D eigenvalue weighted by Gasteiger charge is -2.14. The van der Waals surface area contributed by atoms with Crippen molar-refractivity contribution in [3.63, 3.8) is 0 Å². The number of fused-ring (bicyclic) bond motifs is 1. The third-order valence-electron chi connectivity index (χ3n) is 4.91. The molecule has 3 aromatic carbocycles. The molecule has 7 heteroatoms. The second kappa shape index (κ2) is 8.53. The molecule has 31 heavy (non-hydrogen) atoms. The van der Waals surface area contributed by atoms with Gasteiger partial charge in [0.15, 0.2) is 0 Å². The molecule has 0 aliphatic heterocycles. The summed E-state index contributed by atoms with van der Waals surface area (Å²) >= 11 is 6.09. The molecule has 4 aromatic rings. The summed E-state index contributed by atoms with van der Waals surface area (Å²) in [6.07, 6.45) is 1.53. The van der Waals surface area contributed by atoms with Crippen LogP contribution in [0.1, 0.15) is 10.4 Å². The van der Waals surface area contributed by atoms with Crippen LogP contribution in [0.4, 0.5) is 5.69 Å². The van der Waals surface area contributed by atoms with Crippen molar-refractivity contribution in [1.82, 2.24) is 4.57 Å². The highest BCUT2D eigenvalue weighted by molar-refractivity contribution is 6.31. The molecule has 1 N–H and O–H groups in total. The van der Waals surface area contributed by atoms with E-state index in [-0.39, 0.29) is 5.56 Å². The normalized spacial score (nSPS) is 10.7. The summed E-state index contributed by atoms with van der Waals surface area (Å²) in [6, 6.07) is 19.0. The third kappa shape index (κ3) is 3.98. The molecule has 0 spiro atoms. The van der Waals surface area contributed by atoms with E-state index in [1.165, 1.54) is 17.9 Å². The first-order chi connectivity index (χ1) is 15.0. The minimum absolute atomic E-state index is 0.235. The molecule has 6 nitrogen and oxygen atoms in total. The van der Waals surface area contributed by atoms with Crippen molar-refractivity contribution in [3.05, 3.63) is 93.9 Å². The van der Waals surface area contributed by atoms with Gasteiger partial charge < -0.3 is 14.8 Å². The van der Waals surface area contributed by atoms with E-state index in [4.69, 9.17) is 21.1 Å². The zero-order valence-corrected chi connectivity index (χ0v) is 17.6. The van der Waals surface area contributed by atoms with Crippen LogP contribution in [0.15, 0.2) is 77.7 Å². The number of carbonyl (C=O) groups is 1. The number of anilines is 1. The summed E-state index contributed by atoms with van der Waals surface area (Å²) < 4.78 is 12.0. The fourth-order valence-corrected chi connectivity index (χ4v) is 3.56. The van der Waals surface area contributed by atoms with E-state index in [0.29, 0.717) is 44.2 Å². The number of hydrogen-bond acceptors (Lipinski definition) is 4. The van der Waals surface area contributed by atoms with E-state index in [1.807, 2.05) is 0 Å². The number of carbonyl (C=O) groups excluding carboxylic acids is 1. The first kappa shape index (κ1) is 20.5. The number of ether oxygens (including phenoxy) is 2. The number of benzene rings is 3. The largest absolute Gasteiger partial charge is 0.497 e. The van der Waals surface area contributed by atoms with E-state index < -0.39 is 5.91 Å². The summed E-state index contributed by atoms with van der Waals surface area (Å²) in [5.41, 5.74) is 1.12. The van der Waals surface area contributed by atoms with Gasteiger partial charge in [-0.2, -0.15) is 0 Å².